The molecule has 0 aliphatic heterocycles. The number of methoxy groups -OCH3 is 1. The van der Waals surface area contributed by atoms with Crippen LogP contribution in [0.2, 0.25) is 10.0 Å². The summed E-state index contributed by atoms with van der Waals surface area (Å²) < 4.78 is 6.92. The molecule has 5 nitrogen and oxygen atoms in total. The Hall–Kier alpha value is -2.50. The van der Waals surface area contributed by atoms with Crippen molar-refractivity contribution >= 4 is 34.9 Å². The predicted molar refractivity (Wildman–Crippen MR) is 103 cm³/mol. The molecule has 0 saturated heterocycles. The average molecular weight is 390 g/mol. The van der Waals surface area contributed by atoms with Crippen LogP contribution < -0.4 is 10.1 Å². The van der Waals surface area contributed by atoms with Gasteiger partial charge in [-0.2, -0.15) is 5.10 Å². The normalized spacial score (nSPS) is 10.6. The standard InChI is InChI=1S/C19H17Cl2N3O2/c1-12-15(4-3-5-17(12)26-2)19(25)22-18-16(21)11-24(23-18)10-13-6-8-14(20)9-7-13/h3-9,11H,10H2,1-2H3,(H,22,23,25). The van der Waals surface area contributed by atoms with Crippen molar-refractivity contribution in [3.05, 3.63) is 75.4 Å². The Balaban J connectivity index is 1.77. The molecule has 3 aromatic rings. The Bertz CT molecular complexity index is 936. The van der Waals surface area contributed by atoms with Crippen molar-refractivity contribution in [3.8, 4) is 5.75 Å². The van der Waals surface area contributed by atoms with Crippen molar-refractivity contribution in [2.75, 3.05) is 12.4 Å². The molecule has 7 heteroatoms. The molecule has 0 fully saturated rings. The molecule has 0 saturated carbocycles. The van der Waals surface area contributed by atoms with Crippen molar-refractivity contribution in [3.63, 3.8) is 0 Å². The second-order valence-electron chi connectivity index (χ2n) is 5.74. The highest BCUT2D eigenvalue weighted by Crippen LogP contribution is 2.24. The Morgan fingerprint density at radius 1 is 1.19 bits per heavy atom. The topological polar surface area (TPSA) is 56.1 Å². The Morgan fingerprint density at radius 3 is 2.62 bits per heavy atom. The fraction of sp³-hybridized carbons (Fsp3) is 0.158. The summed E-state index contributed by atoms with van der Waals surface area (Å²) in [5.41, 5.74) is 2.28. The summed E-state index contributed by atoms with van der Waals surface area (Å²) in [6, 6.07) is 12.8. The van der Waals surface area contributed by atoms with Gasteiger partial charge in [0.2, 0.25) is 0 Å². The fourth-order valence-electron chi connectivity index (χ4n) is 2.60. The lowest BCUT2D eigenvalue weighted by molar-refractivity contribution is 0.102. The molecule has 0 radical (unpaired) electrons. The van der Waals surface area contributed by atoms with Gasteiger partial charge in [0.1, 0.15) is 10.8 Å². The Kier molecular flexibility index (Phi) is 5.49. The van der Waals surface area contributed by atoms with Gasteiger partial charge in [0, 0.05) is 22.3 Å². The number of nitrogens with one attached hydrogen (secondary N) is 1. The molecule has 2 aromatic carbocycles. The number of anilines is 1. The number of rotatable bonds is 5. The molecule has 0 bridgehead atoms. The molecule has 26 heavy (non-hydrogen) atoms. The first kappa shape index (κ1) is 18.3. The molecule has 0 spiro atoms. The average Bonchev–Trinajstić information content (AvgIpc) is 2.96. The van der Waals surface area contributed by atoms with E-state index in [1.54, 1.807) is 36.2 Å². The van der Waals surface area contributed by atoms with Gasteiger partial charge in [-0.3, -0.25) is 9.48 Å². The van der Waals surface area contributed by atoms with E-state index < -0.39 is 0 Å². The van der Waals surface area contributed by atoms with Gasteiger partial charge in [-0.25, -0.2) is 0 Å². The lowest BCUT2D eigenvalue weighted by Gasteiger charge is -2.09. The molecule has 1 N–H and O–H groups in total. The highest BCUT2D eigenvalue weighted by molar-refractivity contribution is 6.33. The maximum atomic E-state index is 12.6. The third-order valence-electron chi connectivity index (χ3n) is 3.96. The van der Waals surface area contributed by atoms with Crippen molar-refractivity contribution in [1.82, 2.24) is 9.78 Å². The molecule has 0 unspecified atom stereocenters. The van der Waals surface area contributed by atoms with Crippen LogP contribution in [0.25, 0.3) is 0 Å². The number of nitrogens with zero attached hydrogens (tertiary/aromatic N) is 2. The van der Waals surface area contributed by atoms with E-state index in [4.69, 9.17) is 27.9 Å². The first-order valence-corrected chi connectivity index (χ1v) is 8.66. The summed E-state index contributed by atoms with van der Waals surface area (Å²) in [7, 11) is 1.57. The number of halogens is 2. The molecule has 1 amide bonds. The van der Waals surface area contributed by atoms with Crippen molar-refractivity contribution in [2.24, 2.45) is 0 Å². The largest absolute Gasteiger partial charge is 0.496 e. The minimum absolute atomic E-state index is 0.292. The third kappa shape index (κ3) is 4.00. The Morgan fingerprint density at radius 2 is 1.92 bits per heavy atom. The highest BCUT2D eigenvalue weighted by atomic mass is 35.5. The van der Waals surface area contributed by atoms with Crippen LogP contribution in [-0.2, 0) is 6.54 Å². The summed E-state index contributed by atoms with van der Waals surface area (Å²) in [6.07, 6.45) is 1.67. The predicted octanol–water partition coefficient (Wildman–Crippen LogP) is 4.81. The van der Waals surface area contributed by atoms with Gasteiger partial charge in [0.25, 0.3) is 5.91 Å². The van der Waals surface area contributed by atoms with E-state index >= 15 is 0 Å². The van der Waals surface area contributed by atoms with Gasteiger partial charge in [-0.05, 0) is 36.8 Å². The molecule has 3 rings (SSSR count). The molecule has 1 heterocycles. The number of amides is 1. The molecule has 134 valence electrons. The maximum absolute atomic E-state index is 12.6. The molecule has 1 aromatic heterocycles. The lowest BCUT2D eigenvalue weighted by Crippen LogP contribution is -2.15. The van der Waals surface area contributed by atoms with Crippen LogP contribution in [-0.4, -0.2) is 22.8 Å². The number of carbonyl (C=O) groups excluding carboxylic acids is 1. The van der Waals surface area contributed by atoms with Crippen LogP contribution in [0.4, 0.5) is 5.82 Å². The second kappa shape index (κ2) is 7.81. The summed E-state index contributed by atoms with van der Waals surface area (Å²) in [5, 5.41) is 8.15. The zero-order chi connectivity index (χ0) is 18.7. The van der Waals surface area contributed by atoms with Gasteiger partial charge < -0.3 is 10.1 Å². The van der Waals surface area contributed by atoms with Crippen LogP contribution >= 0.6 is 23.2 Å². The van der Waals surface area contributed by atoms with E-state index in [1.165, 1.54) is 0 Å². The summed E-state index contributed by atoms with van der Waals surface area (Å²) in [5.74, 6) is 0.671. The molecular formula is C19H17Cl2N3O2. The lowest BCUT2D eigenvalue weighted by atomic mass is 10.1. The summed E-state index contributed by atoms with van der Waals surface area (Å²) >= 11 is 12.1. The quantitative estimate of drug-likeness (QED) is 0.681. The van der Waals surface area contributed by atoms with Gasteiger partial charge >= 0.3 is 0 Å². The van der Waals surface area contributed by atoms with Gasteiger partial charge in [0.05, 0.1) is 13.7 Å². The SMILES string of the molecule is COc1cccc(C(=O)Nc2nn(Cc3ccc(Cl)cc3)cc2Cl)c1C. The monoisotopic (exact) mass is 389 g/mol. The second-order valence-corrected chi connectivity index (χ2v) is 6.58. The van der Waals surface area contributed by atoms with E-state index in [9.17, 15) is 4.79 Å². The van der Waals surface area contributed by atoms with E-state index in [-0.39, 0.29) is 5.91 Å². The number of benzene rings is 2. The van der Waals surface area contributed by atoms with Crippen LogP contribution in [0.1, 0.15) is 21.5 Å². The van der Waals surface area contributed by atoms with Crippen molar-refractivity contribution in [2.45, 2.75) is 13.5 Å². The fourth-order valence-corrected chi connectivity index (χ4v) is 2.92. The van der Waals surface area contributed by atoms with Gasteiger partial charge in [-0.1, -0.05) is 41.4 Å². The van der Waals surface area contributed by atoms with Crippen LogP contribution in [0, 0.1) is 6.92 Å². The first-order chi connectivity index (χ1) is 12.5. The van der Waals surface area contributed by atoms with Gasteiger partial charge in [-0.15, -0.1) is 0 Å². The third-order valence-corrected chi connectivity index (χ3v) is 4.48. The van der Waals surface area contributed by atoms with Crippen LogP contribution in [0.5, 0.6) is 5.75 Å². The van der Waals surface area contributed by atoms with Gasteiger partial charge in [0.15, 0.2) is 5.82 Å². The number of aromatic nitrogens is 2. The zero-order valence-corrected chi connectivity index (χ0v) is 15.8. The van der Waals surface area contributed by atoms with E-state index in [1.807, 2.05) is 31.2 Å². The van der Waals surface area contributed by atoms with Crippen molar-refractivity contribution < 1.29 is 9.53 Å². The van der Waals surface area contributed by atoms with Crippen LogP contribution in [0.15, 0.2) is 48.7 Å². The van der Waals surface area contributed by atoms with Crippen LogP contribution in [0.3, 0.4) is 0 Å². The number of hydrogen-bond acceptors (Lipinski definition) is 3. The zero-order valence-electron chi connectivity index (χ0n) is 14.3. The molecule has 0 aliphatic carbocycles. The first-order valence-electron chi connectivity index (χ1n) is 7.90. The van der Waals surface area contributed by atoms with E-state index in [0.717, 1.165) is 11.1 Å². The number of ether oxygens (including phenoxy) is 1. The molecular weight excluding hydrogens is 373 g/mol. The molecule has 0 atom stereocenters. The Labute approximate surface area is 161 Å². The summed E-state index contributed by atoms with van der Waals surface area (Å²) in [6.45, 7) is 2.35. The van der Waals surface area contributed by atoms with Crippen molar-refractivity contribution in [1.29, 1.82) is 0 Å². The minimum Gasteiger partial charge on any atom is -0.496 e. The number of hydrogen-bond donors (Lipinski definition) is 1. The maximum Gasteiger partial charge on any atom is 0.257 e. The number of carbonyl (C=O) groups is 1. The smallest absolute Gasteiger partial charge is 0.257 e. The molecule has 0 aliphatic rings. The highest BCUT2D eigenvalue weighted by Gasteiger charge is 2.16. The van der Waals surface area contributed by atoms with E-state index in [2.05, 4.69) is 10.4 Å². The van der Waals surface area contributed by atoms with E-state index in [0.29, 0.717) is 33.7 Å². The summed E-state index contributed by atoms with van der Waals surface area (Å²) in [4.78, 5) is 12.6. The minimum atomic E-state index is -0.292.